The van der Waals surface area contributed by atoms with Gasteiger partial charge in [-0.05, 0) is 90.4 Å². The summed E-state index contributed by atoms with van der Waals surface area (Å²) >= 11 is 3.35. The highest BCUT2D eigenvalue weighted by atomic mass is 79.9. The number of ketones is 1. The number of aromatic hydroxyl groups is 1. The number of hydrogen-bond donors (Lipinski definition) is 2. The van der Waals surface area contributed by atoms with Gasteiger partial charge >= 0.3 is 0 Å². The molecule has 2 aliphatic rings. The maximum atomic E-state index is 13.4. The van der Waals surface area contributed by atoms with Gasteiger partial charge in [-0.25, -0.2) is 0 Å². The van der Waals surface area contributed by atoms with Crippen LogP contribution in [0.4, 0.5) is 0 Å². The fourth-order valence-electron chi connectivity index (χ4n) is 5.09. The molecule has 37 heavy (non-hydrogen) atoms. The molecule has 1 saturated heterocycles. The van der Waals surface area contributed by atoms with Crippen molar-refractivity contribution in [3.05, 3.63) is 57.1 Å². The number of hydrogen-bond acceptors (Lipinski definition) is 7. The van der Waals surface area contributed by atoms with E-state index in [2.05, 4.69) is 34.7 Å². The van der Waals surface area contributed by atoms with Crippen molar-refractivity contribution < 1.29 is 29.3 Å². The Morgan fingerprint density at radius 1 is 1.22 bits per heavy atom. The number of phenols is 1. The number of nitrogens with zero attached hydrogens (tertiary/aromatic N) is 2. The lowest BCUT2D eigenvalue weighted by Gasteiger charge is -2.27. The Morgan fingerprint density at radius 2 is 1.95 bits per heavy atom. The van der Waals surface area contributed by atoms with Crippen molar-refractivity contribution in [2.24, 2.45) is 0 Å². The number of Topliss-reactive ketones (excluding diaryl/α,β-unsaturated/α-hetero) is 1. The number of phenolic OH excluding ortho intramolecular Hbond substituents is 1. The smallest absolute Gasteiger partial charge is 0.295 e. The molecule has 4 rings (SSSR count). The molecule has 198 valence electrons. The Labute approximate surface area is 225 Å². The molecule has 9 heteroatoms. The van der Waals surface area contributed by atoms with Crippen LogP contribution in [0.15, 0.2) is 40.4 Å². The predicted octanol–water partition coefficient (Wildman–Crippen LogP) is 4.64. The highest BCUT2D eigenvalue weighted by Crippen LogP contribution is 2.44. The van der Waals surface area contributed by atoms with E-state index in [0.29, 0.717) is 35.0 Å². The van der Waals surface area contributed by atoms with Crippen molar-refractivity contribution in [3.63, 3.8) is 0 Å². The number of carbonyl (C=O) groups excluding carboxylic acids is 2. The number of amides is 1. The molecule has 2 aliphatic heterocycles. The molecule has 0 unspecified atom stereocenters. The maximum Gasteiger partial charge on any atom is 0.295 e. The van der Waals surface area contributed by atoms with Gasteiger partial charge in [-0.1, -0.05) is 13.8 Å². The molecular formula is C28H33BrN2O6. The van der Waals surface area contributed by atoms with Crippen LogP contribution < -0.4 is 9.47 Å². The molecule has 0 saturated carbocycles. The van der Waals surface area contributed by atoms with Gasteiger partial charge in [0.1, 0.15) is 17.6 Å². The van der Waals surface area contributed by atoms with Crippen LogP contribution in [0.25, 0.3) is 5.76 Å². The molecule has 1 amide bonds. The van der Waals surface area contributed by atoms with Crippen LogP contribution in [0, 0.1) is 0 Å². The van der Waals surface area contributed by atoms with E-state index in [1.165, 1.54) is 12.0 Å². The number of methoxy groups -OCH3 is 1. The predicted molar refractivity (Wildman–Crippen MR) is 144 cm³/mol. The standard InChI is InChI=1S/C28H33BrN2O6/c1-5-30(6-2)10-7-11-31-24(19-14-20(29)26(33)22(15-19)36-4)23(27(34)28(31)35)25(32)17-8-9-21-18(13-17)12-16(3)37-21/h8-9,13-16,24,32-33H,5-7,10-12H2,1-4H3/t16-,24-/m1/s1. The van der Waals surface area contributed by atoms with Gasteiger partial charge in [-0.3, -0.25) is 9.59 Å². The number of aliphatic hydroxyl groups excluding tert-OH is 1. The van der Waals surface area contributed by atoms with Gasteiger partial charge in [-0.15, -0.1) is 0 Å². The van der Waals surface area contributed by atoms with Crippen LogP contribution in [-0.4, -0.2) is 71.1 Å². The SMILES string of the molecule is CCN(CC)CCCN1C(=O)C(=O)C(=C(O)c2ccc3c(c2)C[C@@H](C)O3)[C@H]1c1cc(Br)c(O)c(OC)c1. The van der Waals surface area contributed by atoms with Crippen LogP contribution >= 0.6 is 15.9 Å². The second-order valence-corrected chi connectivity index (χ2v) is 10.2. The second-order valence-electron chi connectivity index (χ2n) is 9.38. The minimum atomic E-state index is -0.842. The summed E-state index contributed by atoms with van der Waals surface area (Å²) < 4.78 is 11.5. The van der Waals surface area contributed by atoms with E-state index in [9.17, 15) is 19.8 Å². The van der Waals surface area contributed by atoms with Crippen molar-refractivity contribution in [1.82, 2.24) is 9.80 Å². The molecule has 2 heterocycles. The van der Waals surface area contributed by atoms with E-state index >= 15 is 0 Å². The first kappa shape index (κ1) is 27.0. The van der Waals surface area contributed by atoms with E-state index < -0.39 is 17.7 Å². The molecule has 0 radical (unpaired) electrons. The Kier molecular flexibility index (Phi) is 8.14. The van der Waals surface area contributed by atoms with Crippen LogP contribution in [0.3, 0.4) is 0 Å². The van der Waals surface area contributed by atoms with Crippen LogP contribution in [-0.2, 0) is 16.0 Å². The summed E-state index contributed by atoms with van der Waals surface area (Å²) in [6.45, 7) is 9.02. The Balaban J connectivity index is 1.80. The van der Waals surface area contributed by atoms with Gasteiger partial charge in [0.05, 0.1) is 23.2 Å². The minimum Gasteiger partial charge on any atom is -0.507 e. The third-order valence-corrected chi connectivity index (χ3v) is 7.67. The Hall–Kier alpha value is -3.04. The number of ether oxygens (including phenoxy) is 2. The van der Waals surface area contributed by atoms with Gasteiger partial charge in [0, 0.05) is 18.5 Å². The quantitative estimate of drug-likeness (QED) is 0.256. The molecule has 0 aromatic heterocycles. The number of aliphatic hydroxyl groups is 1. The molecule has 2 atom stereocenters. The fraction of sp³-hybridized carbons (Fsp3) is 0.429. The van der Waals surface area contributed by atoms with E-state index in [0.717, 1.165) is 30.9 Å². The summed E-state index contributed by atoms with van der Waals surface area (Å²) in [4.78, 5) is 30.4. The summed E-state index contributed by atoms with van der Waals surface area (Å²) in [5.41, 5.74) is 1.95. The van der Waals surface area contributed by atoms with E-state index in [4.69, 9.17) is 9.47 Å². The first-order valence-electron chi connectivity index (χ1n) is 12.6. The molecular weight excluding hydrogens is 540 g/mol. The van der Waals surface area contributed by atoms with Gasteiger partial charge in [0.2, 0.25) is 0 Å². The van der Waals surface area contributed by atoms with Crippen molar-refractivity contribution in [2.75, 3.05) is 33.3 Å². The zero-order chi connectivity index (χ0) is 26.9. The summed E-state index contributed by atoms with van der Waals surface area (Å²) in [6, 6.07) is 7.70. The molecule has 0 spiro atoms. The van der Waals surface area contributed by atoms with E-state index in [-0.39, 0.29) is 28.9 Å². The number of halogens is 1. The normalized spacial score (nSPS) is 20.4. The number of carbonyl (C=O) groups is 2. The Morgan fingerprint density at radius 3 is 2.62 bits per heavy atom. The lowest BCUT2D eigenvalue weighted by Crippen LogP contribution is -2.33. The summed E-state index contributed by atoms with van der Waals surface area (Å²) in [5.74, 6) is -0.769. The zero-order valence-corrected chi connectivity index (χ0v) is 23.2. The number of rotatable bonds is 9. The summed E-state index contributed by atoms with van der Waals surface area (Å²) in [6.07, 6.45) is 1.39. The lowest BCUT2D eigenvalue weighted by atomic mass is 9.94. The molecule has 2 N–H and O–H groups in total. The minimum absolute atomic E-state index is 0.0133. The van der Waals surface area contributed by atoms with Crippen LogP contribution in [0.5, 0.6) is 17.2 Å². The molecule has 1 fully saturated rings. The molecule has 2 aromatic carbocycles. The Bertz CT molecular complexity index is 1240. The average molecular weight is 573 g/mol. The third kappa shape index (κ3) is 5.20. The van der Waals surface area contributed by atoms with Gasteiger partial charge in [-0.2, -0.15) is 0 Å². The maximum absolute atomic E-state index is 13.4. The number of benzene rings is 2. The zero-order valence-electron chi connectivity index (χ0n) is 21.6. The molecule has 0 bridgehead atoms. The molecule has 2 aromatic rings. The summed E-state index contributed by atoms with van der Waals surface area (Å²) in [7, 11) is 1.43. The van der Waals surface area contributed by atoms with E-state index in [1.54, 1.807) is 24.3 Å². The topological polar surface area (TPSA) is 99.5 Å². The highest BCUT2D eigenvalue weighted by molar-refractivity contribution is 9.10. The van der Waals surface area contributed by atoms with Crippen molar-refractivity contribution in [3.8, 4) is 17.2 Å². The van der Waals surface area contributed by atoms with Gasteiger partial charge in [0.25, 0.3) is 11.7 Å². The largest absolute Gasteiger partial charge is 0.507 e. The third-order valence-electron chi connectivity index (χ3n) is 7.06. The highest BCUT2D eigenvalue weighted by Gasteiger charge is 2.46. The molecule has 8 nitrogen and oxygen atoms in total. The monoisotopic (exact) mass is 572 g/mol. The molecule has 0 aliphatic carbocycles. The van der Waals surface area contributed by atoms with Crippen molar-refractivity contribution in [1.29, 1.82) is 0 Å². The second kappa shape index (κ2) is 11.1. The van der Waals surface area contributed by atoms with Gasteiger partial charge in [0.15, 0.2) is 11.5 Å². The van der Waals surface area contributed by atoms with Crippen LogP contribution in [0.2, 0.25) is 0 Å². The fourth-order valence-corrected chi connectivity index (χ4v) is 5.55. The van der Waals surface area contributed by atoms with E-state index in [1.807, 2.05) is 13.0 Å². The number of likely N-dealkylation sites (tertiary alicyclic amines) is 1. The van der Waals surface area contributed by atoms with Gasteiger partial charge < -0.3 is 29.5 Å². The number of fused-ring (bicyclic) bond motifs is 1. The summed E-state index contributed by atoms with van der Waals surface area (Å²) in [5, 5.41) is 21.8. The lowest BCUT2D eigenvalue weighted by molar-refractivity contribution is -0.140. The van der Waals surface area contributed by atoms with Crippen molar-refractivity contribution in [2.45, 2.75) is 45.8 Å². The first-order valence-corrected chi connectivity index (χ1v) is 13.4. The first-order chi connectivity index (χ1) is 17.7. The van der Waals surface area contributed by atoms with Crippen LogP contribution in [0.1, 0.15) is 49.9 Å². The average Bonchev–Trinajstić information content (AvgIpc) is 3.38. The van der Waals surface area contributed by atoms with Crippen molar-refractivity contribution >= 4 is 33.4 Å².